The summed E-state index contributed by atoms with van der Waals surface area (Å²) in [6.45, 7) is 5.79. The summed E-state index contributed by atoms with van der Waals surface area (Å²) in [7, 11) is 0. The molecule has 0 saturated heterocycles. The Morgan fingerprint density at radius 3 is 2.92 bits per heavy atom. The van der Waals surface area contributed by atoms with Gasteiger partial charge in [0.05, 0.1) is 0 Å². The lowest BCUT2D eigenvalue weighted by Crippen LogP contribution is -1.97. The third kappa shape index (κ3) is 1.14. The Balaban J connectivity index is 2.54. The third-order valence-electron chi connectivity index (χ3n) is 1.86. The van der Waals surface area contributed by atoms with Gasteiger partial charge in [0.1, 0.15) is 11.5 Å². The summed E-state index contributed by atoms with van der Waals surface area (Å²) in [4.78, 5) is 0. The lowest BCUT2D eigenvalue weighted by atomic mass is 10.1. The maximum Gasteiger partial charge on any atom is 0.134 e. The van der Waals surface area contributed by atoms with Crippen molar-refractivity contribution in [1.82, 2.24) is 0 Å². The summed E-state index contributed by atoms with van der Waals surface area (Å²) in [6, 6.07) is 6.10. The van der Waals surface area contributed by atoms with Gasteiger partial charge in [0, 0.05) is 5.56 Å². The molecule has 1 aliphatic heterocycles. The predicted molar refractivity (Wildman–Crippen MR) is 50.0 cm³/mol. The maximum absolute atomic E-state index is 5.41. The zero-order valence-corrected chi connectivity index (χ0v) is 7.00. The molecule has 1 aliphatic rings. The highest BCUT2D eigenvalue weighted by atomic mass is 16.5. The smallest absolute Gasteiger partial charge is 0.134 e. The van der Waals surface area contributed by atoms with Gasteiger partial charge in [-0.2, -0.15) is 0 Å². The van der Waals surface area contributed by atoms with E-state index in [1.54, 1.807) is 0 Å². The first-order valence-corrected chi connectivity index (χ1v) is 3.91. The van der Waals surface area contributed by atoms with E-state index in [1.165, 1.54) is 5.56 Å². The first-order valence-electron chi connectivity index (χ1n) is 3.91. The number of rotatable bonds is 0. The van der Waals surface area contributed by atoms with Gasteiger partial charge in [0.2, 0.25) is 0 Å². The van der Waals surface area contributed by atoms with Crippen LogP contribution in [0.15, 0.2) is 36.6 Å². The van der Waals surface area contributed by atoms with Gasteiger partial charge in [0.25, 0.3) is 0 Å². The van der Waals surface area contributed by atoms with Crippen LogP contribution >= 0.6 is 0 Å². The third-order valence-corrected chi connectivity index (χ3v) is 1.86. The van der Waals surface area contributed by atoms with Gasteiger partial charge in [-0.1, -0.05) is 18.2 Å². The number of aryl methyl sites for hydroxylation is 1. The molecule has 1 nitrogen and oxygen atoms in total. The maximum atomic E-state index is 5.41. The Kier molecular flexibility index (Phi) is 1.51. The van der Waals surface area contributed by atoms with Crippen molar-refractivity contribution in [3.8, 4) is 5.75 Å². The molecular weight excluding hydrogens is 148 g/mol. The lowest BCUT2D eigenvalue weighted by Gasteiger charge is -2.13. The van der Waals surface area contributed by atoms with E-state index in [1.807, 2.05) is 24.3 Å². The van der Waals surface area contributed by atoms with Crippen molar-refractivity contribution in [2.45, 2.75) is 6.92 Å². The Labute approximate surface area is 72.0 Å². The van der Waals surface area contributed by atoms with Crippen molar-refractivity contribution >= 4 is 6.08 Å². The minimum absolute atomic E-state index is 0.700. The van der Waals surface area contributed by atoms with Gasteiger partial charge in [-0.25, -0.2) is 0 Å². The second-order valence-corrected chi connectivity index (χ2v) is 2.94. The van der Waals surface area contributed by atoms with Gasteiger partial charge in [-0.05, 0) is 31.2 Å². The molecule has 0 spiro atoms. The molecule has 0 N–H and O–H groups in total. The SMILES string of the molecule is C=C1C=Cc2cc(C)ccc2O1. The van der Waals surface area contributed by atoms with Crippen LogP contribution in [0.3, 0.4) is 0 Å². The molecule has 1 aromatic rings. The Hall–Kier alpha value is -1.50. The van der Waals surface area contributed by atoms with Crippen LogP contribution in [-0.4, -0.2) is 0 Å². The molecule has 0 fully saturated rings. The first kappa shape index (κ1) is 7.17. The van der Waals surface area contributed by atoms with Gasteiger partial charge in [-0.15, -0.1) is 0 Å². The molecule has 12 heavy (non-hydrogen) atoms. The van der Waals surface area contributed by atoms with Crippen molar-refractivity contribution in [1.29, 1.82) is 0 Å². The van der Waals surface area contributed by atoms with Gasteiger partial charge >= 0.3 is 0 Å². The summed E-state index contributed by atoms with van der Waals surface area (Å²) >= 11 is 0. The first-order chi connectivity index (χ1) is 5.75. The van der Waals surface area contributed by atoms with Crippen LogP contribution in [0, 0.1) is 6.92 Å². The second-order valence-electron chi connectivity index (χ2n) is 2.94. The van der Waals surface area contributed by atoms with Crippen LogP contribution in [0.1, 0.15) is 11.1 Å². The highest BCUT2D eigenvalue weighted by Gasteiger charge is 2.06. The highest BCUT2D eigenvalue weighted by Crippen LogP contribution is 2.27. The number of hydrogen-bond acceptors (Lipinski definition) is 1. The second kappa shape index (κ2) is 2.52. The zero-order valence-electron chi connectivity index (χ0n) is 7.00. The summed E-state index contributed by atoms with van der Waals surface area (Å²) in [5.74, 6) is 1.60. The number of allylic oxidation sites excluding steroid dienone is 1. The van der Waals surface area contributed by atoms with Gasteiger partial charge in [-0.3, -0.25) is 0 Å². The van der Waals surface area contributed by atoms with E-state index in [0.29, 0.717) is 5.76 Å². The number of ether oxygens (including phenoxy) is 1. The van der Waals surface area contributed by atoms with E-state index in [2.05, 4.69) is 19.6 Å². The number of fused-ring (bicyclic) bond motifs is 1. The Morgan fingerprint density at radius 2 is 2.08 bits per heavy atom. The zero-order chi connectivity index (χ0) is 8.55. The van der Waals surface area contributed by atoms with Crippen LogP contribution in [0.5, 0.6) is 5.75 Å². The van der Waals surface area contributed by atoms with Crippen LogP contribution in [0.25, 0.3) is 6.08 Å². The standard InChI is InChI=1S/C11H10O/c1-8-3-6-11-10(7-8)5-4-9(2)12-11/h3-7H,2H2,1H3. The number of benzene rings is 1. The molecule has 0 unspecified atom stereocenters. The predicted octanol–water partition coefficient (Wildman–Crippen LogP) is 2.91. The summed E-state index contributed by atoms with van der Waals surface area (Å²) < 4.78 is 5.41. The Bertz CT molecular complexity index is 361. The molecule has 0 radical (unpaired) electrons. The van der Waals surface area contributed by atoms with Crippen LogP contribution in [0.2, 0.25) is 0 Å². The molecule has 0 atom stereocenters. The van der Waals surface area contributed by atoms with Gasteiger partial charge in [0.15, 0.2) is 0 Å². The van der Waals surface area contributed by atoms with Crippen LogP contribution in [0.4, 0.5) is 0 Å². The quantitative estimate of drug-likeness (QED) is 0.564. The van der Waals surface area contributed by atoms with Crippen LogP contribution < -0.4 is 4.74 Å². The minimum atomic E-state index is 0.700. The largest absolute Gasteiger partial charge is 0.457 e. The van der Waals surface area contributed by atoms with Gasteiger partial charge < -0.3 is 4.74 Å². The summed E-state index contributed by atoms with van der Waals surface area (Å²) in [5.41, 5.74) is 2.37. The molecule has 0 aliphatic carbocycles. The van der Waals surface area contributed by atoms with E-state index in [9.17, 15) is 0 Å². The molecule has 1 heteroatoms. The summed E-state index contributed by atoms with van der Waals surface area (Å²) in [6.07, 6.45) is 3.90. The minimum Gasteiger partial charge on any atom is -0.457 e. The molecule has 1 aromatic carbocycles. The fourth-order valence-corrected chi connectivity index (χ4v) is 1.25. The van der Waals surface area contributed by atoms with E-state index >= 15 is 0 Å². The van der Waals surface area contributed by atoms with E-state index in [-0.39, 0.29) is 0 Å². The normalized spacial score (nSPS) is 13.9. The molecule has 1 heterocycles. The topological polar surface area (TPSA) is 9.23 Å². The fraction of sp³-hybridized carbons (Fsp3) is 0.0909. The molecule has 0 aromatic heterocycles. The molecule has 0 saturated carbocycles. The molecule has 2 rings (SSSR count). The average molecular weight is 158 g/mol. The monoisotopic (exact) mass is 158 g/mol. The Morgan fingerprint density at radius 1 is 1.25 bits per heavy atom. The van der Waals surface area contributed by atoms with E-state index in [0.717, 1.165) is 11.3 Å². The molecule has 0 bridgehead atoms. The van der Waals surface area contributed by atoms with E-state index in [4.69, 9.17) is 4.74 Å². The lowest BCUT2D eigenvalue weighted by molar-refractivity contribution is 0.442. The van der Waals surface area contributed by atoms with Crippen LogP contribution in [-0.2, 0) is 0 Å². The van der Waals surface area contributed by atoms with Crippen molar-refractivity contribution in [3.05, 3.63) is 47.7 Å². The van der Waals surface area contributed by atoms with Crippen molar-refractivity contribution < 1.29 is 4.74 Å². The highest BCUT2D eigenvalue weighted by molar-refractivity contribution is 5.63. The van der Waals surface area contributed by atoms with Crippen molar-refractivity contribution in [2.75, 3.05) is 0 Å². The molecule has 60 valence electrons. The molecule has 0 amide bonds. The summed E-state index contributed by atoms with van der Waals surface area (Å²) in [5, 5.41) is 0. The average Bonchev–Trinajstić information content (AvgIpc) is 2.05. The van der Waals surface area contributed by atoms with E-state index < -0.39 is 0 Å². The van der Waals surface area contributed by atoms with Crippen molar-refractivity contribution in [3.63, 3.8) is 0 Å². The molecular formula is C11H10O. The number of hydrogen-bond donors (Lipinski definition) is 0. The fourth-order valence-electron chi connectivity index (χ4n) is 1.25. The van der Waals surface area contributed by atoms with Crippen molar-refractivity contribution in [2.24, 2.45) is 0 Å².